The summed E-state index contributed by atoms with van der Waals surface area (Å²) in [5, 5.41) is 0. The Balaban J connectivity index is 2.13. The molecule has 78 valence electrons. The average Bonchev–Trinajstić information content (AvgIpc) is 2.85. The molecule has 0 aliphatic heterocycles. The Morgan fingerprint density at radius 2 is 2.50 bits per heavy atom. The van der Waals surface area contributed by atoms with Gasteiger partial charge in [0, 0.05) is 19.9 Å². The van der Waals surface area contributed by atoms with E-state index in [1.165, 1.54) is 12.8 Å². The summed E-state index contributed by atoms with van der Waals surface area (Å²) in [4.78, 5) is 4.23. The minimum absolute atomic E-state index is 0.342. The van der Waals surface area contributed by atoms with E-state index in [1.54, 1.807) is 7.11 Å². The SMILES string of the molecule is COC1CCCC1n1cnc(CN)c1. The minimum atomic E-state index is 0.342. The zero-order chi connectivity index (χ0) is 9.97. The van der Waals surface area contributed by atoms with Gasteiger partial charge in [-0.15, -0.1) is 0 Å². The first-order chi connectivity index (χ1) is 6.85. The third kappa shape index (κ3) is 1.67. The quantitative estimate of drug-likeness (QED) is 0.785. The largest absolute Gasteiger partial charge is 0.379 e. The van der Waals surface area contributed by atoms with Crippen molar-refractivity contribution in [2.45, 2.75) is 38.0 Å². The molecule has 0 aromatic carbocycles. The molecule has 1 aliphatic rings. The van der Waals surface area contributed by atoms with Gasteiger partial charge in [-0.3, -0.25) is 0 Å². The van der Waals surface area contributed by atoms with E-state index in [9.17, 15) is 0 Å². The number of hydrogen-bond donors (Lipinski definition) is 1. The monoisotopic (exact) mass is 195 g/mol. The molecule has 4 heteroatoms. The third-order valence-corrected chi connectivity index (χ3v) is 2.97. The van der Waals surface area contributed by atoms with Crippen LogP contribution in [0.2, 0.25) is 0 Å². The van der Waals surface area contributed by atoms with E-state index in [0.29, 0.717) is 18.7 Å². The Morgan fingerprint density at radius 3 is 3.14 bits per heavy atom. The Morgan fingerprint density at radius 1 is 1.64 bits per heavy atom. The standard InChI is InChI=1S/C10H17N3O/c1-14-10-4-2-3-9(10)13-6-8(5-11)12-7-13/h6-7,9-10H,2-5,11H2,1H3. The zero-order valence-corrected chi connectivity index (χ0v) is 8.52. The van der Waals surface area contributed by atoms with Crippen LogP contribution in [0.1, 0.15) is 31.0 Å². The minimum Gasteiger partial charge on any atom is -0.379 e. The topological polar surface area (TPSA) is 53.1 Å². The molecule has 2 rings (SSSR count). The predicted molar refractivity (Wildman–Crippen MR) is 53.8 cm³/mol. The molecule has 1 aromatic rings. The molecular formula is C10H17N3O. The number of nitrogens with zero attached hydrogens (tertiary/aromatic N) is 2. The van der Waals surface area contributed by atoms with Crippen molar-refractivity contribution in [3.05, 3.63) is 18.2 Å². The van der Waals surface area contributed by atoms with Crippen LogP contribution in [-0.2, 0) is 11.3 Å². The van der Waals surface area contributed by atoms with Crippen molar-refractivity contribution in [1.82, 2.24) is 9.55 Å². The molecule has 2 unspecified atom stereocenters. The molecule has 2 atom stereocenters. The first-order valence-electron chi connectivity index (χ1n) is 5.10. The molecule has 4 nitrogen and oxygen atoms in total. The van der Waals surface area contributed by atoms with Crippen molar-refractivity contribution < 1.29 is 4.74 Å². The maximum Gasteiger partial charge on any atom is 0.0953 e. The number of hydrogen-bond acceptors (Lipinski definition) is 3. The Bertz CT molecular complexity index is 297. The van der Waals surface area contributed by atoms with Crippen molar-refractivity contribution in [3.8, 4) is 0 Å². The van der Waals surface area contributed by atoms with E-state index < -0.39 is 0 Å². The lowest BCUT2D eigenvalue weighted by Crippen LogP contribution is -2.19. The molecule has 2 N–H and O–H groups in total. The Hall–Kier alpha value is -0.870. The first kappa shape index (κ1) is 9.68. The zero-order valence-electron chi connectivity index (χ0n) is 8.52. The maximum atomic E-state index is 5.52. The van der Waals surface area contributed by atoms with Gasteiger partial charge in [-0.1, -0.05) is 0 Å². The van der Waals surface area contributed by atoms with Gasteiger partial charge in [0.2, 0.25) is 0 Å². The molecule has 1 fully saturated rings. The second-order valence-corrected chi connectivity index (χ2v) is 3.79. The lowest BCUT2D eigenvalue weighted by Gasteiger charge is -2.19. The van der Waals surface area contributed by atoms with Gasteiger partial charge in [0.25, 0.3) is 0 Å². The molecule has 1 heterocycles. The average molecular weight is 195 g/mol. The van der Waals surface area contributed by atoms with Crippen LogP contribution in [0.25, 0.3) is 0 Å². The molecular weight excluding hydrogens is 178 g/mol. The fourth-order valence-corrected chi connectivity index (χ4v) is 2.19. The van der Waals surface area contributed by atoms with Crippen LogP contribution < -0.4 is 5.73 Å². The molecule has 1 aliphatic carbocycles. The van der Waals surface area contributed by atoms with Crippen LogP contribution in [0.15, 0.2) is 12.5 Å². The van der Waals surface area contributed by atoms with E-state index in [1.807, 2.05) is 12.5 Å². The number of methoxy groups -OCH3 is 1. The van der Waals surface area contributed by atoms with Gasteiger partial charge < -0.3 is 15.0 Å². The fraction of sp³-hybridized carbons (Fsp3) is 0.700. The van der Waals surface area contributed by atoms with E-state index in [-0.39, 0.29) is 0 Å². The Labute approximate surface area is 84.1 Å². The molecule has 0 amide bonds. The highest BCUT2D eigenvalue weighted by Crippen LogP contribution is 2.31. The van der Waals surface area contributed by atoms with Gasteiger partial charge in [0.1, 0.15) is 0 Å². The summed E-state index contributed by atoms with van der Waals surface area (Å²) in [6.07, 6.45) is 7.80. The lowest BCUT2D eigenvalue weighted by atomic mass is 10.2. The van der Waals surface area contributed by atoms with Gasteiger partial charge in [0.05, 0.1) is 24.2 Å². The van der Waals surface area contributed by atoms with Crippen LogP contribution in [0.5, 0.6) is 0 Å². The van der Waals surface area contributed by atoms with Gasteiger partial charge >= 0.3 is 0 Å². The number of aromatic nitrogens is 2. The molecule has 0 spiro atoms. The molecule has 0 bridgehead atoms. The second-order valence-electron chi connectivity index (χ2n) is 3.79. The van der Waals surface area contributed by atoms with Crippen LogP contribution in [0.3, 0.4) is 0 Å². The fourth-order valence-electron chi connectivity index (χ4n) is 2.19. The van der Waals surface area contributed by atoms with E-state index in [2.05, 4.69) is 9.55 Å². The summed E-state index contributed by atoms with van der Waals surface area (Å²) in [5.74, 6) is 0. The van der Waals surface area contributed by atoms with Gasteiger partial charge in [-0.2, -0.15) is 0 Å². The highest BCUT2D eigenvalue weighted by atomic mass is 16.5. The summed E-state index contributed by atoms with van der Waals surface area (Å²) in [7, 11) is 1.78. The summed E-state index contributed by atoms with van der Waals surface area (Å²) in [5.41, 5.74) is 6.47. The molecule has 1 aromatic heterocycles. The van der Waals surface area contributed by atoms with Crippen molar-refractivity contribution in [2.24, 2.45) is 5.73 Å². The summed E-state index contributed by atoms with van der Waals surface area (Å²) in [6, 6.07) is 0.452. The number of imidazole rings is 1. The van der Waals surface area contributed by atoms with Crippen molar-refractivity contribution in [1.29, 1.82) is 0 Å². The van der Waals surface area contributed by atoms with Gasteiger partial charge in [-0.05, 0) is 19.3 Å². The van der Waals surface area contributed by atoms with E-state index in [0.717, 1.165) is 12.1 Å². The molecule has 0 radical (unpaired) electrons. The van der Waals surface area contributed by atoms with Crippen LogP contribution in [-0.4, -0.2) is 22.8 Å². The molecule has 1 saturated carbocycles. The highest BCUT2D eigenvalue weighted by Gasteiger charge is 2.28. The molecule has 14 heavy (non-hydrogen) atoms. The molecule has 0 saturated heterocycles. The van der Waals surface area contributed by atoms with Crippen molar-refractivity contribution in [2.75, 3.05) is 7.11 Å². The highest BCUT2D eigenvalue weighted by molar-refractivity contribution is 4.99. The van der Waals surface area contributed by atoms with E-state index >= 15 is 0 Å². The van der Waals surface area contributed by atoms with Crippen molar-refractivity contribution in [3.63, 3.8) is 0 Å². The van der Waals surface area contributed by atoms with E-state index in [4.69, 9.17) is 10.5 Å². The predicted octanol–water partition coefficient (Wildman–Crippen LogP) is 1.08. The van der Waals surface area contributed by atoms with Crippen LogP contribution in [0.4, 0.5) is 0 Å². The van der Waals surface area contributed by atoms with Crippen LogP contribution in [0, 0.1) is 0 Å². The van der Waals surface area contributed by atoms with Crippen LogP contribution >= 0.6 is 0 Å². The summed E-state index contributed by atoms with van der Waals surface area (Å²) < 4.78 is 7.58. The number of rotatable bonds is 3. The Kier molecular flexibility index (Phi) is 2.84. The maximum absolute atomic E-state index is 5.52. The van der Waals surface area contributed by atoms with Crippen molar-refractivity contribution >= 4 is 0 Å². The first-order valence-corrected chi connectivity index (χ1v) is 5.10. The van der Waals surface area contributed by atoms with Gasteiger partial charge in [0.15, 0.2) is 0 Å². The number of ether oxygens (including phenoxy) is 1. The second kappa shape index (κ2) is 4.11. The summed E-state index contributed by atoms with van der Waals surface area (Å²) in [6.45, 7) is 0.511. The normalized spacial score (nSPS) is 27.0. The van der Waals surface area contributed by atoms with Gasteiger partial charge in [-0.25, -0.2) is 4.98 Å². The number of nitrogens with two attached hydrogens (primary N) is 1. The lowest BCUT2D eigenvalue weighted by molar-refractivity contribution is 0.0749. The smallest absolute Gasteiger partial charge is 0.0953 e. The summed E-state index contributed by atoms with van der Waals surface area (Å²) >= 11 is 0. The third-order valence-electron chi connectivity index (χ3n) is 2.97.